The lowest BCUT2D eigenvalue weighted by atomic mass is 10.1. The number of nitrogens with one attached hydrogen (secondary N) is 1. The van der Waals surface area contributed by atoms with Gasteiger partial charge in [0.05, 0.1) is 12.0 Å². The van der Waals surface area contributed by atoms with Gasteiger partial charge in [0.1, 0.15) is 6.33 Å². The van der Waals surface area contributed by atoms with Gasteiger partial charge < -0.3 is 14.6 Å². The molecule has 0 saturated carbocycles. The van der Waals surface area contributed by atoms with E-state index in [4.69, 9.17) is 4.74 Å². The van der Waals surface area contributed by atoms with Gasteiger partial charge in [-0.2, -0.15) is 0 Å². The molecule has 1 amide bonds. The number of nitro groups is 1. The van der Waals surface area contributed by atoms with Gasteiger partial charge in [-0.05, 0) is 24.3 Å². The minimum absolute atomic E-state index is 0.0934. The van der Waals surface area contributed by atoms with Crippen LogP contribution >= 0.6 is 0 Å². The van der Waals surface area contributed by atoms with Gasteiger partial charge in [0.2, 0.25) is 0 Å². The number of ether oxygens (including phenoxy) is 1. The van der Waals surface area contributed by atoms with E-state index < -0.39 is 10.8 Å². The predicted octanol–water partition coefficient (Wildman–Crippen LogP) is 2.65. The summed E-state index contributed by atoms with van der Waals surface area (Å²) in [5.41, 5.74) is 1.20. The number of nitro benzene ring substituents is 1. The number of amides is 1. The van der Waals surface area contributed by atoms with Crippen molar-refractivity contribution in [2.24, 2.45) is 7.05 Å². The van der Waals surface area contributed by atoms with E-state index in [2.05, 4.69) is 15.5 Å². The van der Waals surface area contributed by atoms with Crippen LogP contribution in [0.15, 0.2) is 48.8 Å². The van der Waals surface area contributed by atoms with Crippen molar-refractivity contribution in [3.8, 4) is 17.1 Å². The molecule has 0 radical (unpaired) electrons. The fourth-order valence-corrected chi connectivity index (χ4v) is 2.46. The monoisotopic (exact) mass is 353 g/mol. The Morgan fingerprint density at radius 1 is 1.27 bits per heavy atom. The number of rotatable bonds is 5. The molecule has 0 saturated heterocycles. The molecule has 0 fully saturated rings. The Bertz CT molecular complexity index is 983. The molecule has 1 N–H and O–H groups in total. The topological polar surface area (TPSA) is 112 Å². The Morgan fingerprint density at radius 2 is 2.08 bits per heavy atom. The van der Waals surface area contributed by atoms with Crippen LogP contribution in [0.25, 0.3) is 11.4 Å². The van der Waals surface area contributed by atoms with E-state index in [1.54, 1.807) is 29.1 Å². The third-order valence-corrected chi connectivity index (χ3v) is 3.73. The summed E-state index contributed by atoms with van der Waals surface area (Å²) in [4.78, 5) is 23.0. The molecule has 0 aliphatic carbocycles. The first-order chi connectivity index (χ1) is 12.5. The first-order valence-electron chi connectivity index (χ1n) is 7.58. The van der Waals surface area contributed by atoms with Gasteiger partial charge >= 0.3 is 5.69 Å². The number of methoxy groups -OCH3 is 1. The smallest absolute Gasteiger partial charge is 0.311 e. The highest BCUT2D eigenvalue weighted by molar-refractivity contribution is 6.05. The second kappa shape index (κ2) is 7.01. The summed E-state index contributed by atoms with van der Waals surface area (Å²) in [7, 11) is 3.15. The molecule has 26 heavy (non-hydrogen) atoms. The van der Waals surface area contributed by atoms with Crippen molar-refractivity contribution in [2.45, 2.75) is 0 Å². The van der Waals surface area contributed by atoms with E-state index in [-0.39, 0.29) is 17.0 Å². The molecule has 132 valence electrons. The Kier molecular flexibility index (Phi) is 4.61. The first-order valence-corrected chi connectivity index (χ1v) is 7.58. The zero-order chi connectivity index (χ0) is 18.7. The SMILES string of the molecule is COc1ccc(C(=O)Nc2cccc(-c3nncn3C)c2)cc1[N+](=O)[O-]. The van der Waals surface area contributed by atoms with E-state index in [1.165, 1.54) is 25.3 Å². The summed E-state index contributed by atoms with van der Waals surface area (Å²) in [5.74, 6) is 0.280. The normalized spacial score (nSPS) is 10.4. The van der Waals surface area contributed by atoms with Gasteiger partial charge in [0, 0.05) is 29.9 Å². The third kappa shape index (κ3) is 3.36. The summed E-state index contributed by atoms with van der Waals surface area (Å²) in [5, 5.41) is 21.7. The molecule has 0 aliphatic rings. The van der Waals surface area contributed by atoms with E-state index in [0.29, 0.717) is 11.5 Å². The fourth-order valence-electron chi connectivity index (χ4n) is 2.46. The average molecular weight is 353 g/mol. The maximum Gasteiger partial charge on any atom is 0.311 e. The van der Waals surface area contributed by atoms with Crippen molar-refractivity contribution in [1.82, 2.24) is 14.8 Å². The summed E-state index contributed by atoms with van der Waals surface area (Å²) >= 11 is 0. The zero-order valence-electron chi connectivity index (χ0n) is 14.0. The quantitative estimate of drug-likeness (QED) is 0.557. The maximum atomic E-state index is 12.4. The Morgan fingerprint density at radius 3 is 2.73 bits per heavy atom. The van der Waals surface area contributed by atoms with Crippen LogP contribution in [0.5, 0.6) is 5.75 Å². The van der Waals surface area contributed by atoms with Gasteiger partial charge in [-0.25, -0.2) is 0 Å². The van der Waals surface area contributed by atoms with E-state index in [0.717, 1.165) is 5.56 Å². The summed E-state index contributed by atoms with van der Waals surface area (Å²) in [6.45, 7) is 0. The van der Waals surface area contributed by atoms with Crippen LogP contribution in [0.4, 0.5) is 11.4 Å². The summed E-state index contributed by atoms with van der Waals surface area (Å²) in [6.07, 6.45) is 1.58. The number of hydrogen-bond acceptors (Lipinski definition) is 6. The molecule has 0 spiro atoms. The molecular weight excluding hydrogens is 338 g/mol. The first kappa shape index (κ1) is 17.1. The lowest BCUT2D eigenvalue weighted by Gasteiger charge is -2.08. The molecule has 0 unspecified atom stereocenters. The van der Waals surface area contributed by atoms with Crippen LogP contribution in [0.3, 0.4) is 0 Å². The standard InChI is InChI=1S/C17H15N5O4/c1-21-10-18-20-16(21)11-4-3-5-13(8-11)19-17(23)12-6-7-15(26-2)14(9-12)22(24)25/h3-10H,1-2H3,(H,19,23). The molecule has 3 rings (SSSR count). The number of hydrogen-bond donors (Lipinski definition) is 1. The largest absolute Gasteiger partial charge is 0.490 e. The van der Waals surface area contributed by atoms with Crippen LogP contribution in [0.2, 0.25) is 0 Å². The highest BCUT2D eigenvalue weighted by Gasteiger charge is 2.18. The van der Waals surface area contributed by atoms with Crippen molar-refractivity contribution in [1.29, 1.82) is 0 Å². The fraction of sp³-hybridized carbons (Fsp3) is 0.118. The Hall–Kier alpha value is -3.75. The van der Waals surface area contributed by atoms with Crippen LogP contribution in [0.1, 0.15) is 10.4 Å². The molecule has 1 heterocycles. The van der Waals surface area contributed by atoms with Crippen LogP contribution < -0.4 is 10.1 Å². The molecule has 1 aromatic heterocycles. The van der Waals surface area contributed by atoms with Crippen LogP contribution in [0, 0.1) is 10.1 Å². The van der Waals surface area contributed by atoms with Crippen LogP contribution in [-0.2, 0) is 7.05 Å². The zero-order valence-corrected chi connectivity index (χ0v) is 14.0. The molecule has 3 aromatic rings. The summed E-state index contributed by atoms with van der Waals surface area (Å²) < 4.78 is 6.70. The number of aromatic nitrogens is 3. The maximum absolute atomic E-state index is 12.4. The van der Waals surface area contributed by atoms with Crippen molar-refractivity contribution in [2.75, 3.05) is 12.4 Å². The number of aryl methyl sites for hydroxylation is 1. The van der Waals surface area contributed by atoms with Crippen molar-refractivity contribution in [3.63, 3.8) is 0 Å². The van der Waals surface area contributed by atoms with E-state index >= 15 is 0 Å². The van der Waals surface area contributed by atoms with Crippen molar-refractivity contribution in [3.05, 3.63) is 64.5 Å². The number of carbonyl (C=O) groups excluding carboxylic acids is 1. The van der Waals surface area contributed by atoms with Crippen molar-refractivity contribution >= 4 is 17.3 Å². The molecule has 0 bridgehead atoms. The Balaban J connectivity index is 1.86. The minimum Gasteiger partial charge on any atom is -0.490 e. The Labute approximate surface area is 148 Å². The van der Waals surface area contributed by atoms with Gasteiger partial charge in [-0.1, -0.05) is 12.1 Å². The van der Waals surface area contributed by atoms with E-state index in [1.807, 2.05) is 13.1 Å². The number of nitrogens with zero attached hydrogens (tertiary/aromatic N) is 4. The highest BCUT2D eigenvalue weighted by atomic mass is 16.6. The van der Waals surface area contributed by atoms with Gasteiger partial charge in [-0.3, -0.25) is 14.9 Å². The van der Waals surface area contributed by atoms with E-state index in [9.17, 15) is 14.9 Å². The lowest BCUT2D eigenvalue weighted by Crippen LogP contribution is -2.12. The number of benzene rings is 2. The van der Waals surface area contributed by atoms with Gasteiger partial charge in [-0.15, -0.1) is 10.2 Å². The molecular formula is C17H15N5O4. The number of carbonyl (C=O) groups is 1. The predicted molar refractivity (Wildman–Crippen MR) is 94.0 cm³/mol. The van der Waals surface area contributed by atoms with Crippen molar-refractivity contribution < 1.29 is 14.5 Å². The molecule has 9 heteroatoms. The molecule has 0 aliphatic heterocycles. The third-order valence-electron chi connectivity index (χ3n) is 3.73. The minimum atomic E-state index is -0.593. The molecule has 0 atom stereocenters. The lowest BCUT2D eigenvalue weighted by molar-refractivity contribution is -0.385. The highest BCUT2D eigenvalue weighted by Crippen LogP contribution is 2.28. The molecule has 9 nitrogen and oxygen atoms in total. The van der Waals surface area contributed by atoms with Gasteiger partial charge in [0.25, 0.3) is 5.91 Å². The summed E-state index contributed by atoms with van der Waals surface area (Å²) in [6, 6.07) is 11.1. The number of anilines is 1. The molecule has 2 aromatic carbocycles. The van der Waals surface area contributed by atoms with Gasteiger partial charge in [0.15, 0.2) is 11.6 Å². The van der Waals surface area contributed by atoms with Crippen LogP contribution in [-0.4, -0.2) is 32.7 Å². The average Bonchev–Trinajstić information content (AvgIpc) is 3.07. The second-order valence-corrected chi connectivity index (χ2v) is 5.44. The second-order valence-electron chi connectivity index (χ2n) is 5.44.